The molecule has 0 fully saturated rings. The zero-order chi connectivity index (χ0) is 29.5. The summed E-state index contributed by atoms with van der Waals surface area (Å²) >= 11 is 0. The molecule has 3 aromatic rings. The van der Waals surface area contributed by atoms with Gasteiger partial charge in [0.25, 0.3) is 0 Å². The third-order valence-corrected chi connectivity index (χ3v) is 7.32. The van der Waals surface area contributed by atoms with Gasteiger partial charge in [0.1, 0.15) is 0 Å². The molecule has 0 spiro atoms. The van der Waals surface area contributed by atoms with Crippen LogP contribution in [0.3, 0.4) is 0 Å². The summed E-state index contributed by atoms with van der Waals surface area (Å²) in [7, 11) is 0. The second-order valence-corrected chi connectivity index (χ2v) is 9.99. The molecule has 7 N–H and O–H groups in total. The molecule has 3 aromatic carbocycles. The summed E-state index contributed by atoms with van der Waals surface area (Å²) in [5.41, 5.74) is 4.22. The van der Waals surface area contributed by atoms with Crippen molar-refractivity contribution >= 4 is 33.3 Å². The second-order valence-electron chi connectivity index (χ2n) is 9.99. The zero-order valence-electron chi connectivity index (χ0n) is 22.9. The molecule has 0 amide bonds. The van der Waals surface area contributed by atoms with Crippen molar-refractivity contribution in [3.8, 4) is 34.5 Å². The van der Waals surface area contributed by atoms with E-state index in [1.165, 1.54) is 6.08 Å². The first-order chi connectivity index (χ1) is 19.0. The van der Waals surface area contributed by atoms with Crippen LogP contribution in [-0.4, -0.2) is 30.6 Å². The van der Waals surface area contributed by atoms with Crippen LogP contribution in [0.1, 0.15) is 44.4 Å². The van der Waals surface area contributed by atoms with E-state index in [0.29, 0.717) is 5.69 Å². The predicted octanol–water partition coefficient (Wildman–Crippen LogP) is 7.77. The number of hydrogen-bond donors (Lipinski definition) is 7. The van der Waals surface area contributed by atoms with Gasteiger partial charge in [-0.05, 0) is 53.8 Å². The normalized spacial score (nSPS) is 14.8. The lowest BCUT2D eigenvalue weighted by Gasteiger charge is -2.24. The number of phenolic OH excluding ortho intramolecular Hbond substituents is 6. The lowest BCUT2D eigenvalue weighted by atomic mass is 9.81. The van der Waals surface area contributed by atoms with Crippen molar-refractivity contribution in [1.29, 1.82) is 0 Å². The number of anilines is 2. The summed E-state index contributed by atoms with van der Waals surface area (Å²) in [4.78, 5) is 0. The van der Waals surface area contributed by atoms with Gasteiger partial charge < -0.3 is 36.0 Å². The van der Waals surface area contributed by atoms with Gasteiger partial charge in [0.2, 0.25) is 11.5 Å². The predicted molar refractivity (Wildman–Crippen MR) is 162 cm³/mol. The second kappa shape index (κ2) is 10.3. The molecule has 0 saturated carbocycles. The van der Waals surface area contributed by atoms with E-state index in [9.17, 15) is 30.6 Å². The fourth-order valence-corrected chi connectivity index (χ4v) is 5.37. The molecule has 0 atom stereocenters. The fourth-order valence-electron chi connectivity index (χ4n) is 5.37. The number of rotatable bonds is 7. The Balaban J connectivity index is 2.03. The maximum Gasteiger partial charge on any atom is 0.205 e. The van der Waals surface area contributed by atoms with Crippen molar-refractivity contribution in [3.05, 3.63) is 96.2 Å². The fraction of sp³-hybridized carbons (Fsp3) is 0.152. The van der Waals surface area contributed by atoms with Crippen LogP contribution in [0.25, 0.3) is 21.9 Å². The Kier molecular flexibility index (Phi) is 7.18. The third-order valence-electron chi connectivity index (χ3n) is 7.32. The summed E-state index contributed by atoms with van der Waals surface area (Å²) in [6.45, 7) is 15.6. The average Bonchev–Trinajstić information content (AvgIpc) is 3.14. The number of benzene rings is 3. The Hall–Kier alpha value is -5.04. The number of phenols is 6. The van der Waals surface area contributed by atoms with E-state index in [1.54, 1.807) is 31.2 Å². The van der Waals surface area contributed by atoms with Crippen molar-refractivity contribution in [1.82, 2.24) is 0 Å². The third kappa shape index (κ3) is 4.07. The van der Waals surface area contributed by atoms with Gasteiger partial charge in [-0.15, -0.1) is 0 Å². The molecular weight excluding hydrogens is 506 g/mol. The van der Waals surface area contributed by atoms with Gasteiger partial charge in [-0.2, -0.15) is 0 Å². The Bertz CT molecular complexity index is 1700. The van der Waals surface area contributed by atoms with Crippen molar-refractivity contribution in [2.75, 3.05) is 5.32 Å². The van der Waals surface area contributed by atoms with Crippen molar-refractivity contribution < 1.29 is 30.6 Å². The minimum atomic E-state index is -0.979. The highest BCUT2D eigenvalue weighted by atomic mass is 16.3. The van der Waals surface area contributed by atoms with Crippen LogP contribution in [0.4, 0.5) is 11.4 Å². The lowest BCUT2D eigenvalue weighted by molar-refractivity contribution is 0.350. The van der Waals surface area contributed by atoms with Crippen LogP contribution in [0.5, 0.6) is 34.5 Å². The van der Waals surface area contributed by atoms with Gasteiger partial charge in [0.15, 0.2) is 23.0 Å². The number of aromatic hydroxyl groups is 6. The van der Waals surface area contributed by atoms with E-state index in [0.717, 1.165) is 22.3 Å². The van der Waals surface area contributed by atoms with E-state index in [4.69, 9.17) is 0 Å². The first-order valence-corrected chi connectivity index (χ1v) is 12.7. The van der Waals surface area contributed by atoms with Crippen molar-refractivity contribution in [3.63, 3.8) is 0 Å². The standard InChI is InChI=1S/C33H33NO6/c1-7-11-13-17(9-3)23-24-25(29(37)32(40)31(39)28(24)36)26(30(38)27(23)35)34-18-14-15-20-19(12-8-2)21(10-4)33(5,6)22(20)16-18/h7-16,34-40H,3-4H2,1-2,5-6H3/b11-7-,12-8-,17-13+. The van der Waals surface area contributed by atoms with Crippen LogP contribution >= 0.6 is 0 Å². The smallest absolute Gasteiger partial charge is 0.205 e. The van der Waals surface area contributed by atoms with Gasteiger partial charge in [-0.3, -0.25) is 0 Å². The molecule has 0 unspecified atom stereocenters. The largest absolute Gasteiger partial charge is 0.504 e. The Morgan fingerprint density at radius 2 is 1.48 bits per heavy atom. The van der Waals surface area contributed by atoms with Crippen LogP contribution in [0.2, 0.25) is 0 Å². The Morgan fingerprint density at radius 3 is 2.05 bits per heavy atom. The van der Waals surface area contributed by atoms with E-state index in [2.05, 4.69) is 32.3 Å². The van der Waals surface area contributed by atoms with Gasteiger partial charge in [-0.1, -0.05) is 75.6 Å². The SMILES string of the molecule is C=CC1=C(/C=C\C)c2ccc(Nc3c(O)c(O)c(/C(C=C)=C/C=C\C)c4c(O)c(O)c(O)c(O)c34)cc2C1(C)C. The zero-order valence-corrected chi connectivity index (χ0v) is 22.9. The molecule has 206 valence electrons. The number of allylic oxidation sites excluding steroid dienone is 10. The number of hydrogen-bond acceptors (Lipinski definition) is 7. The van der Waals surface area contributed by atoms with Crippen LogP contribution in [-0.2, 0) is 5.41 Å². The van der Waals surface area contributed by atoms with Gasteiger partial charge in [0.05, 0.1) is 11.1 Å². The van der Waals surface area contributed by atoms with Crippen LogP contribution < -0.4 is 5.32 Å². The maximum atomic E-state index is 11.2. The highest BCUT2D eigenvalue weighted by Gasteiger charge is 2.36. The topological polar surface area (TPSA) is 133 Å². The van der Waals surface area contributed by atoms with E-state index >= 15 is 0 Å². The molecule has 7 heteroatoms. The lowest BCUT2D eigenvalue weighted by Crippen LogP contribution is -2.16. The molecule has 4 rings (SSSR count). The molecule has 7 nitrogen and oxygen atoms in total. The molecule has 0 aromatic heterocycles. The van der Waals surface area contributed by atoms with Crippen molar-refractivity contribution in [2.45, 2.75) is 33.1 Å². The first kappa shape index (κ1) is 28.0. The minimum absolute atomic E-state index is 0.0971. The Morgan fingerprint density at radius 1 is 0.825 bits per heavy atom. The van der Waals surface area contributed by atoms with Gasteiger partial charge >= 0.3 is 0 Å². The molecular formula is C33H33NO6. The van der Waals surface area contributed by atoms with E-state index in [1.807, 2.05) is 37.3 Å². The molecule has 0 aliphatic heterocycles. The summed E-state index contributed by atoms with van der Waals surface area (Å²) in [6.07, 6.45) is 12.2. The van der Waals surface area contributed by atoms with Gasteiger partial charge in [0, 0.05) is 22.1 Å². The summed E-state index contributed by atoms with van der Waals surface area (Å²) in [6, 6.07) is 5.60. The van der Waals surface area contributed by atoms with Crippen LogP contribution in [0, 0.1) is 0 Å². The van der Waals surface area contributed by atoms with E-state index in [-0.39, 0.29) is 33.0 Å². The quantitative estimate of drug-likeness (QED) is 0.0926. The first-order valence-electron chi connectivity index (χ1n) is 12.7. The Labute approximate surface area is 233 Å². The monoisotopic (exact) mass is 539 g/mol. The van der Waals surface area contributed by atoms with E-state index < -0.39 is 34.5 Å². The molecule has 0 heterocycles. The minimum Gasteiger partial charge on any atom is -0.504 e. The number of nitrogens with one attached hydrogen (secondary N) is 1. The highest BCUT2D eigenvalue weighted by Crippen LogP contribution is 2.58. The van der Waals surface area contributed by atoms with Crippen molar-refractivity contribution in [2.24, 2.45) is 0 Å². The molecule has 1 aliphatic rings. The molecule has 40 heavy (non-hydrogen) atoms. The molecule has 0 saturated heterocycles. The molecule has 1 aliphatic carbocycles. The molecule has 0 bridgehead atoms. The van der Waals surface area contributed by atoms with Crippen LogP contribution in [0.15, 0.2) is 79.5 Å². The molecule has 0 radical (unpaired) electrons. The average molecular weight is 540 g/mol. The summed E-state index contributed by atoms with van der Waals surface area (Å²) < 4.78 is 0. The summed E-state index contributed by atoms with van der Waals surface area (Å²) in [5, 5.41) is 67.6. The number of fused-ring (bicyclic) bond motifs is 2. The maximum absolute atomic E-state index is 11.2. The summed E-state index contributed by atoms with van der Waals surface area (Å²) in [5.74, 6) is -4.82. The van der Waals surface area contributed by atoms with Gasteiger partial charge in [-0.25, -0.2) is 0 Å². The highest BCUT2D eigenvalue weighted by molar-refractivity contribution is 6.15.